The van der Waals surface area contributed by atoms with Crippen LogP contribution in [0.3, 0.4) is 0 Å². The normalized spacial score (nSPS) is 25.2. The number of hydrogen-bond donors (Lipinski definition) is 1. The molecule has 5 nitrogen and oxygen atoms in total. The van der Waals surface area contributed by atoms with Crippen molar-refractivity contribution in [1.29, 1.82) is 0 Å². The van der Waals surface area contributed by atoms with Crippen LogP contribution >= 0.6 is 0 Å². The molecule has 0 saturated carbocycles. The fraction of sp³-hybridized carbons (Fsp3) is 0.156. The first-order valence-electron chi connectivity index (χ1n) is 12.6. The van der Waals surface area contributed by atoms with Crippen LogP contribution in [-0.2, 0) is 15.0 Å². The third-order valence-corrected chi connectivity index (χ3v) is 8.21. The minimum absolute atomic E-state index is 0.137. The molecule has 3 aliphatic carbocycles. The Kier molecular flexibility index (Phi) is 4.70. The Morgan fingerprint density at radius 2 is 1.35 bits per heavy atom. The Morgan fingerprint density at radius 3 is 2.00 bits per heavy atom. The molecule has 1 N–H and O–H groups in total. The Labute approximate surface area is 215 Å². The summed E-state index contributed by atoms with van der Waals surface area (Å²) in [5.41, 5.74) is 9.12. The Balaban J connectivity index is 1.45. The summed E-state index contributed by atoms with van der Waals surface area (Å²) >= 11 is 0. The number of nitrogens with zero attached hydrogens (tertiary/aromatic N) is 2. The number of carbonyl (C=O) groups excluding carboxylic acids is 2. The summed E-state index contributed by atoms with van der Waals surface area (Å²) in [6.45, 7) is 2.00. The lowest BCUT2D eigenvalue weighted by molar-refractivity contribution is -0.122. The molecule has 5 heteroatoms. The van der Waals surface area contributed by atoms with Crippen molar-refractivity contribution in [3.8, 4) is 0 Å². The monoisotopic (exact) mass is 483 g/mol. The number of aryl methyl sites for hydroxylation is 1. The van der Waals surface area contributed by atoms with Gasteiger partial charge in [0.1, 0.15) is 0 Å². The highest BCUT2D eigenvalue weighted by Gasteiger charge is 2.68. The number of anilines is 2. The van der Waals surface area contributed by atoms with E-state index in [-0.39, 0.29) is 17.7 Å². The fourth-order valence-corrected chi connectivity index (χ4v) is 6.72. The van der Waals surface area contributed by atoms with E-state index in [0.29, 0.717) is 5.69 Å². The smallest absolute Gasteiger partial charge is 0.239 e. The molecule has 4 aromatic carbocycles. The third-order valence-electron chi connectivity index (χ3n) is 8.21. The minimum atomic E-state index is -0.874. The van der Waals surface area contributed by atoms with E-state index in [2.05, 4.69) is 29.7 Å². The van der Waals surface area contributed by atoms with Crippen LogP contribution in [0.5, 0.6) is 0 Å². The maximum absolute atomic E-state index is 14.3. The van der Waals surface area contributed by atoms with Crippen LogP contribution < -0.4 is 10.3 Å². The van der Waals surface area contributed by atoms with E-state index in [1.165, 1.54) is 4.90 Å². The second-order valence-corrected chi connectivity index (χ2v) is 10.1. The van der Waals surface area contributed by atoms with Crippen LogP contribution in [0.2, 0.25) is 0 Å². The first-order chi connectivity index (χ1) is 18.1. The number of carbonyl (C=O) groups is 2. The van der Waals surface area contributed by atoms with Gasteiger partial charge in [0.05, 0.1) is 28.6 Å². The number of imide groups is 1. The molecule has 4 aliphatic rings. The van der Waals surface area contributed by atoms with Crippen molar-refractivity contribution >= 4 is 29.4 Å². The molecule has 0 spiro atoms. The zero-order valence-electron chi connectivity index (χ0n) is 20.3. The lowest BCUT2D eigenvalue weighted by Crippen LogP contribution is -2.54. The van der Waals surface area contributed by atoms with Crippen LogP contribution in [0.25, 0.3) is 0 Å². The summed E-state index contributed by atoms with van der Waals surface area (Å²) in [5, 5.41) is 4.70. The first-order valence-corrected chi connectivity index (χ1v) is 12.6. The lowest BCUT2D eigenvalue weighted by atomic mass is 9.47. The van der Waals surface area contributed by atoms with Crippen molar-refractivity contribution in [3.05, 3.63) is 131 Å². The molecule has 2 amide bonds. The van der Waals surface area contributed by atoms with E-state index < -0.39 is 17.3 Å². The molecule has 2 bridgehead atoms. The summed E-state index contributed by atoms with van der Waals surface area (Å²) in [7, 11) is 0. The lowest BCUT2D eigenvalue weighted by Gasteiger charge is -2.52. The van der Waals surface area contributed by atoms with Crippen molar-refractivity contribution in [3.63, 3.8) is 0 Å². The van der Waals surface area contributed by atoms with E-state index in [1.807, 2.05) is 92.0 Å². The second kappa shape index (κ2) is 8.00. The van der Waals surface area contributed by atoms with Crippen molar-refractivity contribution in [2.45, 2.75) is 18.3 Å². The average molecular weight is 484 g/mol. The van der Waals surface area contributed by atoms with Gasteiger partial charge in [0, 0.05) is 12.1 Å². The highest BCUT2D eigenvalue weighted by molar-refractivity contribution is 6.25. The Bertz CT molecular complexity index is 1530. The van der Waals surface area contributed by atoms with Crippen LogP contribution in [0.15, 0.2) is 108 Å². The average Bonchev–Trinajstić information content (AvgIpc) is 3.21. The largest absolute Gasteiger partial charge is 0.279 e. The number of para-hydroxylation sites is 1. The minimum Gasteiger partial charge on any atom is -0.279 e. The van der Waals surface area contributed by atoms with Crippen molar-refractivity contribution in [2.75, 3.05) is 10.3 Å². The highest BCUT2D eigenvalue weighted by atomic mass is 16.2. The van der Waals surface area contributed by atoms with E-state index in [1.54, 1.807) is 0 Å². The summed E-state index contributed by atoms with van der Waals surface area (Å²) in [6.07, 6.45) is 1.87. The molecule has 1 heterocycles. The number of nitrogens with one attached hydrogen (secondary N) is 1. The fourth-order valence-electron chi connectivity index (χ4n) is 6.72. The SMILES string of the molecule is Cc1ccc(N2C(=O)[C@@H]3C4c5ccccc5C(/C=N\Nc5ccccc5)(c5ccccc54)[C@@H]3C2=O)cc1. The molecule has 37 heavy (non-hydrogen) atoms. The van der Waals surface area contributed by atoms with Gasteiger partial charge in [-0.25, -0.2) is 4.90 Å². The zero-order chi connectivity index (χ0) is 25.1. The molecule has 0 radical (unpaired) electrons. The van der Waals surface area contributed by atoms with Gasteiger partial charge in [-0.1, -0.05) is 84.4 Å². The van der Waals surface area contributed by atoms with Gasteiger partial charge in [-0.3, -0.25) is 15.0 Å². The summed E-state index contributed by atoms with van der Waals surface area (Å²) in [5.74, 6) is -1.57. The molecule has 180 valence electrons. The summed E-state index contributed by atoms with van der Waals surface area (Å²) in [6, 6.07) is 33.8. The first kappa shape index (κ1) is 21.7. The quantitative estimate of drug-likeness (QED) is 0.232. The number of hydrazone groups is 1. The second-order valence-electron chi connectivity index (χ2n) is 10.1. The Morgan fingerprint density at radius 1 is 0.757 bits per heavy atom. The Hall–Kier alpha value is -4.51. The molecule has 1 aliphatic heterocycles. The molecule has 1 saturated heterocycles. The molecular weight excluding hydrogens is 458 g/mol. The van der Waals surface area contributed by atoms with Gasteiger partial charge in [0.2, 0.25) is 11.8 Å². The van der Waals surface area contributed by atoms with Crippen LogP contribution in [-0.4, -0.2) is 18.0 Å². The highest BCUT2D eigenvalue weighted by Crippen LogP contribution is 2.63. The van der Waals surface area contributed by atoms with Crippen LogP contribution in [0, 0.1) is 18.8 Å². The molecule has 8 rings (SSSR count). The maximum atomic E-state index is 14.3. The van der Waals surface area contributed by atoms with E-state index in [4.69, 9.17) is 5.10 Å². The van der Waals surface area contributed by atoms with Crippen molar-refractivity contribution < 1.29 is 9.59 Å². The number of hydrogen-bond acceptors (Lipinski definition) is 4. The van der Waals surface area contributed by atoms with Gasteiger partial charge < -0.3 is 0 Å². The molecule has 0 aromatic heterocycles. The van der Waals surface area contributed by atoms with Gasteiger partial charge in [0.25, 0.3) is 0 Å². The van der Waals surface area contributed by atoms with Gasteiger partial charge in [0.15, 0.2) is 0 Å². The summed E-state index contributed by atoms with van der Waals surface area (Å²) in [4.78, 5) is 29.8. The number of amides is 2. The molecule has 1 fully saturated rings. The van der Waals surface area contributed by atoms with E-state index in [0.717, 1.165) is 33.5 Å². The number of rotatable bonds is 4. The van der Waals surface area contributed by atoms with Crippen molar-refractivity contribution in [1.82, 2.24) is 0 Å². The topological polar surface area (TPSA) is 61.8 Å². The van der Waals surface area contributed by atoms with Gasteiger partial charge in [-0.05, 0) is 53.4 Å². The van der Waals surface area contributed by atoms with Gasteiger partial charge in [-0.2, -0.15) is 5.10 Å². The molecule has 2 atom stereocenters. The molecule has 4 aromatic rings. The standard InChI is InChI=1S/C32H25N3O2/c1-20-15-17-22(18-16-20)35-30(36)28-27-23-11-5-7-13-25(23)32(29(28)31(35)37,26-14-8-6-12-24(26)27)19-33-34-21-9-3-2-4-10-21/h2-19,27-29,34H,1H3/b33-19-/t27?,28-,29+,32?/m1/s1. The van der Waals surface area contributed by atoms with Gasteiger partial charge >= 0.3 is 0 Å². The van der Waals surface area contributed by atoms with Crippen LogP contribution in [0.1, 0.15) is 33.7 Å². The molecule has 0 unspecified atom stereocenters. The van der Waals surface area contributed by atoms with E-state index >= 15 is 0 Å². The van der Waals surface area contributed by atoms with Crippen molar-refractivity contribution in [2.24, 2.45) is 16.9 Å². The predicted octanol–water partition coefficient (Wildman–Crippen LogP) is 5.64. The number of benzene rings is 4. The zero-order valence-corrected chi connectivity index (χ0v) is 20.3. The van der Waals surface area contributed by atoms with E-state index in [9.17, 15) is 9.59 Å². The maximum Gasteiger partial charge on any atom is 0.239 e. The third kappa shape index (κ3) is 2.94. The van der Waals surface area contributed by atoms with Gasteiger partial charge in [-0.15, -0.1) is 0 Å². The molecular formula is C32H25N3O2. The summed E-state index contributed by atoms with van der Waals surface area (Å²) < 4.78 is 0. The predicted molar refractivity (Wildman–Crippen MR) is 145 cm³/mol. The van der Waals surface area contributed by atoms with Crippen LogP contribution in [0.4, 0.5) is 11.4 Å².